The third kappa shape index (κ3) is 3.19. The monoisotopic (exact) mass is 363 g/mol. The van der Waals surface area contributed by atoms with Gasteiger partial charge in [-0.2, -0.15) is 5.10 Å². The fourth-order valence-corrected chi connectivity index (χ4v) is 3.73. The summed E-state index contributed by atoms with van der Waals surface area (Å²) in [5, 5.41) is 21.4. The van der Waals surface area contributed by atoms with Crippen molar-refractivity contribution < 1.29 is 9.72 Å². The minimum absolute atomic E-state index is 0.0379. The molecule has 0 aromatic carbocycles. The molecule has 3 rings (SSSR count). The molecular formula is C14H13N5O3S2. The molecule has 0 radical (unpaired) electrons. The number of thiophene rings is 1. The molecule has 0 saturated heterocycles. The van der Waals surface area contributed by atoms with Gasteiger partial charge in [-0.3, -0.25) is 24.9 Å². The quantitative estimate of drug-likeness (QED) is 0.551. The summed E-state index contributed by atoms with van der Waals surface area (Å²) in [4.78, 5) is 27.7. The number of amides is 1. The van der Waals surface area contributed by atoms with E-state index in [0.29, 0.717) is 27.9 Å². The van der Waals surface area contributed by atoms with Gasteiger partial charge < -0.3 is 0 Å². The molecule has 0 aliphatic rings. The molecule has 0 bridgehead atoms. The summed E-state index contributed by atoms with van der Waals surface area (Å²) in [7, 11) is 0. The molecule has 1 N–H and O–H groups in total. The van der Waals surface area contributed by atoms with Crippen molar-refractivity contribution in [2.24, 2.45) is 0 Å². The molecule has 3 heterocycles. The van der Waals surface area contributed by atoms with Crippen molar-refractivity contribution in [3.63, 3.8) is 0 Å². The molecule has 1 amide bonds. The first-order valence-corrected chi connectivity index (χ1v) is 8.78. The number of nitrogens with zero attached hydrogens (tertiary/aromatic N) is 4. The number of nitro groups is 1. The molecule has 10 heteroatoms. The van der Waals surface area contributed by atoms with Crippen molar-refractivity contribution >= 4 is 39.4 Å². The minimum atomic E-state index is -0.441. The number of aryl methyl sites for hydroxylation is 2. The van der Waals surface area contributed by atoms with E-state index < -0.39 is 4.92 Å². The van der Waals surface area contributed by atoms with Crippen LogP contribution in [-0.4, -0.2) is 25.6 Å². The van der Waals surface area contributed by atoms with Crippen molar-refractivity contribution in [1.29, 1.82) is 0 Å². The van der Waals surface area contributed by atoms with Gasteiger partial charge in [0.2, 0.25) is 0 Å². The van der Waals surface area contributed by atoms with Crippen LogP contribution >= 0.6 is 22.7 Å². The summed E-state index contributed by atoms with van der Waals surface area (Å²) in [5.41, 5.74) is 1.88. The highest BCUT2D eigenvalue weighted by Crippen LogP contribution is 2.32. The molecular weight excluding hydrogens is 350 g/mol. The van der Waals surface area contributed by atoms with Crippen LogP contribution in [-0.2, 0) is 6.54 Å². The number of aromatic nitrogens is 3. The number of nitrogens with one attached hydrogen (secondary N) is 1. The van der Waals surface area contributed by atoms with Crippen molar-refractivity contribution in [2.45, 2.75) is 20.4 Å². The first-order valence-electron chi connectivity index (χ1n) is 7.02. The molecule has 24 heavy (non-hydrogen) atoms. The minimum Gasteiger partial charge on any atom is -0.296 e. The van der Waals surface area contributed by atoms with Gasteiger partial charge in [0, 0.05) is 18.0 Å². The number of thiazole rings is 1. The number of carbonyl (C=O) groups is 1. The predicted molar refractivity (Wildman–Crippen MR) is 92.7 cm³/mol. The van der Waals surface area contributed by atoms with Crippen LogP contribution < -0.4 is 5.32 Å². The smallest absolute Gasteiger partial charge is 0.280 e. The van der Waals surface area contributed by atoms with Crippen LogP contribution in [0.15, 0.2) is 22.9 Å². The molecule has 124 valence electrons. The summed E-state index contributed by atoms with van der Waals surface area (Å²) < 4.78 is 1.63. The SMILES string of the molecule is CCn1nc(C)cc1C(=O)Nc1nc(-c2cc([N+](=O)[O-])cs2)cs1. The van der Waals surface area contributed by atoms with E-state index in [1.807, 2.05) is 13.8 Å². The van der Waals surface area contributed by atoms with Gasteiger partial charge in [-0.15, -0.1) is 22.7 Å². The molecule has 3 aromatic rings. The average Bonchev–Trinajstić information content (AvgIpc) is 3.24. The lowest BCUT2D eigenvalue weighted by Gasteiger charge is -2.03. The Labute approximate surface area is 144 Å². The van der Waals surface area contributed by atoms with E-state index in [1.54, 1.807) is 16.1 Å². The fraction of sp³-hybridized carbons (Fsp3) is 0.214. The second kappa shape index (κ2) is 6.49. The third-order valence-electron chi connectivity index (χ3n) is 3.21. The van der Waals surface area contributed by atoms with Crippen molar-refractivity contribution in [1.82, 2.24) is 14.8 Å². The maximum absolute atomic E-state index is 12.4. The predicted octanol–water partition coefficient (Wildman–Crippen LogP) is 3.56. The average molecular weight is 363 g/mol. The van der Waals surface area contributed by atoms with E-state index >= 15 is 0 Å². The van der Waals surface area contributed by atoms with Crippen LogP contribution in [0.2, 0.25) is 0 Å². The van der Waals surface area contributed by atoms with Crippen LogP contribution in [0.3, 0.4) is 0 Å². The normalized spacial score (nSPS) is 10.8. The Morgan fingerprint density at radius 1 is 1.38 bits per heavy atom. The Kier molecular flexibility index (Phi) is 4.40. The lowest BCUT2D eigenvalue weighted by Crippen LogP contribution is -2.17. The molecule has 3 aromatic heterocycles. The highest BCUT2D eigenvalue weighted by molar-refractivity contribution is 7.16. The zero-order chi connectivity index (χ0) is 17.3. The lowest BCUT2D eigenvalue weighted by molar-refractivity contribution is -0.384. The van der Waals surface area contributed by atoms with Gasteiger partial charge in [0.05, 0.1) is 26.6 Å². The maximum atomic E-state index is 12.4. The largest absolute Gasteiger partial charge is 0.296 e. The van der Waals surface area contributed by atoms with Gasteiger partial charge in [-0.25, -0.2) is 4.98 Å². The van der Waals surface area contributed by atoms with Crippen molar-refractivity contribution in [3.05, 3.63) is 44.4 Å². The van der Waals surface area contributed by atoms with E-state index in [0.717, 1.165) is 5.69 Å². The van der Waals surface area contributed by atoms with Gasteiger partial charge in [0.1, 0.15) is 5.69 Å². The second-order valence-electron chi connectivity index (χ2n) is 4.91. The standard InChI is InChI=1S/C14H13N5O3S2/c1-3-18-11(4-8(2)17-18)13(20)16-14-15-10(7-24-14)12-5-9(6-23-12)19(21)22/h4-7H,3H2,1-2H3,(H,15,16,20). The Hall–Kier alpha value is -2.59. The van der Waals surface area contributed by atoms with Gasteiger partial charge >= 0.3 is 0 Å². The van der Waals surface area contributed by atoms with Gasteiger partial charge in [-0.05, 0) is 19.9 Å². The van der Waals surface area contributed by atoms with Crippen LogP contribution in [0, 0.1) is 17.0 Å². The zero-order valence-electron chi connectivity index (χ0n) is 12.8. The highest BCUT2D eigenvalue weighted by atomic mass is 32.1. The third-order valence-corrected chi connectivity index (χ3v) is 4.91. The van der Waals surface area contributed by atoms with E-state index in [2.05, 4.69) is 15.4 Å². The molecule has 0 unspecified atom stereocenters. The second-order valence-corrected chi connectivity index (χ2v) is 6.67. The maximum Gasteiger partial charge on any atom is 0.280 e. The van der Waals surface area contributed by atoms with E-state index in [9.17, 15) is 14.9 Å². The molecule has 0 fully saturated rings. The number of hydrogen-bond donors (Lipinski definition) is 1. The topological polar surface area (TPSA) is 103 Å². The number of rotatable bonds is 5. The summed E-state index contributed by atoms with van der Waals surface area (Å²) in [6.45, 7) is 4.33. The Balaban J connectivity index is 1.78. The molecule has 0 atom stereocenters. The Morgan fingerprint density at radius 2 is 2.17 bits per heavy atom. The molecule has 8 nitrogen and oxygen atoms in total. The molecule has 0 spiro atoms. The summed E-state index contributed by atoms with van der Waals surface area (Å²) >= 11 is 2.51. The van der Waals surface area contributed by atoms with Crippen LogP contribution in [0.1, 0.15) is 23.1 Å². The lowest BCUT2D eigenvalue weighted by atomic mass is 10.3. The van der Waals surface area contributed by atoms with Gasteiger partial charge in [-0.1, -0.05) is 0 Å². The van der Waals surface area contributed by atoms with Crippen LogP contribution in [0.25, 0.3) is 10.6 Å². The van der Waals surface area contributed by atoms with Crippen LogP contribution in [0.5, 0.6) is 0 Å². The molecule has 0 aliphatic carbocycles. The summed E-state index contributed by atoms with van der Waals surface area (Å²) in [5.74, 6) is -0.282. The summed E-state index contributed by atoms with van der Waals surface area (Å²) in [6, 6.07) is 3.19. The highest BCUT2D eigenvalue weighted by Gasteiger charge is 2.17. The van der Waals surface area contributed by atoms with Gasteiger partial charge in [0.25, 0.3) is 11.6 Å². The van der Waals surface area contributed by atoms with Gasteiger partial charge in [0.15, 0.2) is 5.13 Å². The number of carbonyl (C=O) groups excluding carboxylic acids is 1. The van der Waals surface area contributed by atoms with Crippen LogP contribution in [0.4, 0.5) is 10.8 Å². The van der Waals surface area contributed by atoms with Crippen molar-refractivity contribution in [3.8, 4) is 10.6 Å². The van der Waals surface area contributed by atoms with E-state index in [1.165, 1.54) is 34.1 Å². The van der Waals surface area contributed by atoms with E-state index in [4.69, 9.17) is 0 Å². The summed E-state index contributed by atoms with van der Waals surface area (Å²) in [6.07, 6.45) is 0. The Bertz CT molecular complexity index is 911. The molecule has 0 aliphatic heterocycles. The molecule has 0 saturated carbocycles. The van der Waals surface area contributed by atoms with E-state index in [-0.39, 0.29) is 11.6 Å². The number of anilines is 1. The first-order chi connectivity index (χ1) is 11.5. The Morgan fingerprint density at radius 3 is 2.83 bits per heavy atom. The first kappa shape index (κ1) is 16.3. The number of hydrogen-bond acceptors (Lipinski definition) is 7. The zero-order valence-corrected chi connectivity index (χ0v) is 14.5. The fourth-order valence-electron chi connectivity index (χ4n) is 2.13. The van der Waals surface area contributed by atoms with Crippen molar-refractivity contribution in [2.75, 3.05) is 5.32 Å².